The van der Waals surface area contributed by atoms with Crippen molar-refractivity contribution in [2.45, 2.75) is 77.0 Å². The molecule has 1 fully saturated rings. The average Bonchev–Trinajstić information content (AvgIpc) is 3.40. The van der Waals surface area contributed by atoms with Gasteiger partial charge in [-0.1, -0.05) is 32.0 Å². The number of aromatic nitrogens is 4. The molecule has 222 valence electrons. The van der Waals surface area contributed by atoms with Crippen molar-refractivity contribution in [3.8, 4) is 5.75 Å². The molecule has 0 bridgehead atoms. The van der Waals surface area contributed by atoms with Gasteiger partial charge in [-0.3, -0.25) is 14.4 Å². The standard InChI is InChI=1S/C31H38N6O5/c1-18(2)26(32)30(40)42-31(3,4)17-41-21-13-14-25-24(15-33-37(25)16-21)28(38)34-20-11-9-19(10-12-20)27-22-7-5-6-8-23(22)29(39)36-35-27/h5-8,13-16,18-20,26H,9-12,17,32H2,1-4H3,(H,34,38)(H,36,39)/t19-,20-,26-/m0/s1. The molecule has 0 radical (unpaired) electrons. The molecule has 42 heavy (non-hydrogen) atoms. The van der Waals surface area contributed by atoms with Gasteiger partial charge in [-0.05, 0) is 63.6 Å². The van der Waals surface area contributed by atoms with E-state index in [0.29, 0.717) is 22.2 Å². The summed E-state index contributed by atoms with van der Waals surface area (Å²) in [4.78, 5) is 37.6. The first-order valence-electron chi connectivity index (χ1n) is 14.4. The average molecular weight is 575 g/mol. The van der Waals surface area contributed by atoms with E-state index in [9.17, 15) is 14.4 Å². The van der Waals surface area contributed by atoms with E-state index in [1.807, 2.05) is 38.1 Å². The minimum atomic E-state index is -0.881. The van der Waals surface area contributed by atoms with E-state index in [-0.39, 0.29) is 36.0 Å². The van der Waals surface area contributed by atoms with E-state index >= 15 is 0 Å². The molecule has 0 aliphatic heterocycles. The lowest BCUT2D eigenvalue weighted by atomic mass is 9.82. The molecule has 3 heterocycles. The number of nitrogens with one attached hydrogen (secondary N) is 2. The van der Waals surface area contributed by atoms with Crippen molar-refractivity contribution in [1.29, 1.82) is 0 Å². The van der Waals surface area contributed by atoms with Gasteiger partial charge in [-0.2, -0.15) is 10.2 Å². The van der Waals surface area contributed by atoms with Crippen LogP contribution in [0.5, 0.6) is 5.75 Å². The Morgan fingerprint density at radius 3 is 2.55 bits per heavy atom. The second kappa shape index (κ2) is 11.9. The third-order valence-corrected chi connectivity index (χ3v) is 7.86. The predicted molar refractivity (Wildman–Crippen MR) is 158 cm³/mol. The number of fused-ring (bicyclic) bond motifs is 2. The van der Waals surface area contributed by atoms with Crippen LogP contribution in [0.15, 0.2) is 53.6 Å². The van der Waals surface area contributed by atoms with Crippen molar-refractivity contribution < 1.29 is 19.1 Å². The third-order valence-electron chi connectivity index (χ3n) is 7.86. The van der Waals surface area contributed by atoms with Crippen LogP contribution < -0.4 is 21.3 Å². The van der Waals surface area contributed by atoms with Crippen LogP contribution in [0, 0.1) is 5.92 Å². The van der Waals surface area contributed by atoms with Gasteiger partial charge in [0.1, 0.15) is 24.0 Å². The molecular weight excluding hydrogens is 536 g/mol. The molecule has 4 aromatic rings. The van der Waals surface area contributed by atoms with Crippen molar-refractivity contribution in [2.75, 3.05) is 6.61 Å². The molecule has 0 unspecified atom stereocenters. The topological polar surface area (TPSA) is 154 Å². The number of hydrogen-bond donors (Lipinski definition) is 3. The van der Waals surface area contributed by atoms with Gasteiger partial charge in [0.15, 0.2) is 0 Å². The van der Waals surface area contributed by atoms with Crippen LogP contribution in [-0.4, -0.2) is 56.0 Å². The summed E-state index contributed by atoms with van der Waals surface area (Å²) in [7, 11) is 0. The van der Waals surface area contributed by atoms with Crippen molar-refractivity contribution in [3.63, 3.8) is 0 Å². The lowest BCUT2D eigenvalue weighted by Gasteiger charge is -2.29. The lowest BCUT2D eigenvalue weighted by Crippen LogP contribution is -2.44. The zero-order chi connectivity index (χ0) is 30.0. The Balaban J connectivity index is 1.17. The smallest absolute Gasteiger partial charge is 0.323 e. The van der Waals surface area contributed by atoms with Crippen LogP contribution >= 0.6 is 0 Å². The Hall–Kier alpha value is -4.25. The van der Waals surface area contributed by atoms with E-state index in [1.54, 1.807) is 42.9 Å². The minimum absolute atomic E-state index is 0.0295. The Morgan fingerprint density at radius 2 is 1.83 bits per heavy atom. The summed E-state index contributed by atoms with van der Waals surface area (Å²) in [6.45, 7) is 7.38. The van der Waals surface area contributed by atoms with E-state index < -0.39 is 17.6 Å². The molecule has 0 saturated heterocycles. The van der Waals surface area contributed by atoms with E-state index in [4.69, 9.17) is 15.2 Å². The normalized spacial score (nSPS) is 18.2. The highest BCUT2D eigenvalue weighted by molar-refractivity contribution is 6.00. The number of carbonyl (C=O) groups is 2. The first-order chi connectivity index (χ1) is 20.0. The number of aromatic amines is 1. The molecule has 3 aromatic heterocycles. The number of H-pyrrole nitrogens is 1. The molecule has 1 saturated carbocycles. The van der Waals surface area contributed by atoms with Gasteiger partial charge >= 0.3 is 5.97 Å². The number of benzene rings is 1. The number of nitrogens with two attached hydrogens (primary N) is 1. The highest BCUT2D eigenvalue weighted by Gasteiger charge is 2.29. The van der Waals surface area contributed by atoms with Gasteiger partial charge in [0, 0.05) is 17.3 Å². The summed E-state index contributed by atoms with van der Waals surface area (Å²) < 4.78 is 13.0. The molecule has 11 nitrogen and oxygen atoms in total. The van der Waals surface area contributed by atoms with Gasteiger partial charge in [0.2, 0.25) is 0 Å². The van der Waals surface area contributed by atoms with Gasteiger partial charge in [-0.15, -0.1) is 0 Å². The number of rotatable bonds is 9. The fourth-order valence-corrected chi connectivity index (χ4v) is 5.35. The quantitative estimate of drug-likeness (QED) is 0.256. The number of pyridine rings is 1. The van der Waals surface area contributed by atoms with Gasteiger partial charge in [0.25, 0.3) is 11.5 Å². The Morgan fingerprint density at radius 1 is 1.12 bits per heavy atom. The molecule has 1 aliphatic rings. The maximum Gasteiger partial charge on any atom is 0.323 e. The van der Waals surface area contributed by atoms with Crippen LogP contribution in [0.2, 0.25) is 0 Å². The fraction of sp³-hybridized carbons (Fsp3) is 0.452. The van der Waals surface area contributed by atoms with Crippen LogP contribution in [0.3, 0.4) is 0 Å². The summed E-state index contributed by atoms with van der Waals surface area (Å²) in [5, 5.41) is 16.1. The van der Waals surface area contributed by atoms with Crippen LogP contribution in [-0.2, 0) is 9.53 Å². The molecule has 0 spiro atoms. The monoisotopic (exact) mass is 574 g/mol. The molecule has 11 heteroatoms. The molecule has 5 rings (SSSR count). The molecule has 1 aliphatic carbocycles. The SMILES string of the molecule is CC(C)[C@H](N)C(=O)OC(C)(C)COc1ccc2c(C(=O)N[C@H]3CC[C@H](c4n[nH]c(=O)c5ccccc54)CC3)cnn2c1. The van der Waals surface area contributed by atoms with Crippen LogP contribution in [0.1, 0.15) is 75.3 Å². The fourth-order valence-electron chi connectivity index (χ4n) is 5.35. The second-order valence-electron chi connectivity index (χ2n) is 12.0. The predicted octanol–water partition coefficient (Wildman–Crippen LogP) is 3.71. The van der Waals surface area contributed by atoms with Crippen molar-refractivity contribution >= 4 is 28.2 Å². The van der Waals surface area contributed by atoms with Gasteiger partial charge < -0.3 is 20.5 Å². The Labute approximate surface area is 243 Å². The zero-order valence-corrected chi connectivity index (χ0v) is 24.4. The summed E-state index contributed by atoms with van der Waals surface area (Å²) in [6.07, 6.45) is 6.58. The highest BCUT2D eigenvalue weighted by Crippen LogP contribution is 2.34. The van der Waals surface area contributed by atoms with Gasteiger partial charge in [0.05, 0.1) is 34.6 Å². The molecule has 4 N–H and O–H groups in total. The third kappa shape index (κ3) is 6.30. The first-order valence-corrected chi connectivity index (χ1v) is 14.4. The number of esters is 1. The van der Waals surface area contributed by atoms with Gasteiger partial charge in [-0.25, -0.2) is 9.61 Å². The zero-order valence-electron chi connectivity index (χ0n) is 24.4. The number of hydrogen-bond acceptors (Lipinski definition) is 8. The summed E-state index contributed by atoms with van der Waals surface area (Å²) >= 11 is 0. The minimum Gasteiger partial charge on any atom is -0.488 e. The van der Waals surface area contributed by atoms with Crippen molar-refractivity contribution in [3.05, 3.63) is 70.4 Å². The molecular formula is C31H38N6O5. The van der Waals surface area contributed by atoms with Crippen molar-refractivity contribution in [1.82, 2.24) is 25.1 Å². The summed E-state index contributed by atoms with van der Waals surface area (Å²) in [5.74, 6) is 0.0709. The maximum absolute atomic E-state index is 13.2. The summed E-state index contributed by atoms with van der Waals surface area (Å²) in [5.41, 5.74) is 6.89. The maximum atomic E-state index is 13.2. The second-order valence-corrected chi connectivity index (χ2v) is 12.0. The Kier molecular flexibility index (Phi) is 8.31. The van der Waals surface area contributed by atoms with E-state index in [1.165, 1.54) is 0 Å². The first kappa shape index (κ1) is 29.2. The molecule has 1 atom stereocenters. The number of nitrogens with zero attached hydrogens (tertiary/aromatic N) is 3. The number of amides is 1. The van der Waals surface area contributed by atoms with Crippen LogP contribution in [0.4, 0.5) is 0 Å². The Bertz CT molecular complexity index is 1650. The largest absolute Gasteiger partial charge is 0.488 e. The highest BCUT2D eigenvalue weighted by atomic mass is 16.6. The number of ether oxygens (including phenoxy) is 2. The molecule has 1 aromatic carbocycles. The number of carbonyl (C=O) groups excluding carboxylic acids is 2. The lowest BCUT2D eigenvalue weighted by molar-refractivity contribution is -0.161. The van der Waals surface area contributed by atoms with Crippen LogP contribution in [0.25, 0.3) is 16.3 Å². The van der Waals surface area contributed by atoms with E-state index in [0.717, 1.165) is 36.8 Å². The van der Waals surface area contributed by atoms with Crippen molar-refractivity contribution in [2.24, 2.45) is 11.7 Å². The van der Waals surface area contributed by atoms with E-state index in [2.05, 4.69) is 20.6 Å². The summed E-state index contributed by atoms with van der Waals surface area (Å²) in [6, 6.07) is 10.4. The molecule has 1 amide bonds.